The molecule has 1 aliphatic rings. The molecule has 0 saturated carbocycles. The second-order valence-corrected chi connectivity index (χ2v) is 11.4. The van der Waals surface area contributed by atoms with Crippen LogP contribution >= 0.6 is 0 Å². The molecule has 9 heteroatoms. The molecule has 3 rings (SSSR count). The number of nitrogens with zero attached hydrogens (tertiary/aromatic N) is 3. The van der Waals surface area contributed by atoms with Gasteiger partial charge in [-0.25, -0.2) is 4.79 Å². The minimum Gasteiger partial charge on any atom is -0.487 e. The van der Waals surface area contributed by atoms with Gasteiger partial charge in [0.25, 0.3) is 0 Å². The molecule has 9 nitrogen and oxygen atoms in total. The Balaban J connectivity index is 1.81. The monoisotopic (exact) mass is 511 g/mol. The maximum absolute atomic E-state index is 13.8. The molecule has 200 valence electrons. The van der Waals surface area contributed by atoms with Crippen LogP contribution in [0.5, 0.6) is 5.75 Å². The van der Waals surface area contributed by atoms with Crippen LogP contribution in [-0.4, -0.2) is 64.1 Å². The minimum absolute atomic E-state index is 0.0899. The van der Waals surface area contributed by atoms with Crippen molar-refractivity contribution in [3.05, 3.63) is 43.0 Å². The van der Waals surface area contributed by atoms with Crippen molar-refractivity contribution in [2.45, 2.75) is 72.1 Å². The molecule has 1 aliphatic heterocycles. The van der Waals surface area contributed by atoms with Gasteiger partial charge in [0, 0.05) is 30.6 Å². The van der Waals surface area contributed by atoms with Crippen LogP contribution in [0.4, 0.5) is 0 Å². The highest BCUT2D eigenvalue weighted by Crippen LogP contribution is 2.35. The van der Waals surface area contributed by atoms with Crippen molar-refractivity contribution in [2.24, 2.45) is 11.3 Å². The molecule has 0 aliphatic carbocycles. The number of esters is 2. The predicted molar refractivity (Wildman–Crippen MR) is 137 cm³/mol. The second-order valence-electron chi connectivity index (χ2n) is 11.4. The van der Waals surface area contributed by atoms with Crippen molar-refractivity contribution < 1.29 is 28.6 Å². The summed E-state index contributed by atoms with van der Waals surface area (Å²) in [5.41, 5.74) is 0.595. The van der Waals surface area contributed by atoms with E-state index in [9.17, 15) is 14.4 Å². The molecule has 1 amide bonds. The van der Waals surface area contributed by atoms with Crippen LogP contribution in [-0.2, 0) is 23.9 Å². The number of carbonyl (C=O) groups is 3. The average Bonchev–Trinajstić information content (AvgIpc) is 3.24. The molecule has 2 aromatic rings. The molecule has 0 N–H and O–H groups in total. The Morgan fingerprint density at radius 1 is 1.03 bits per heavy atom. The van der Waals surface area contributed by atoms with E-state index >= 15 is 0 Å². The van der Waals surface area contributed by atoms with Crippen molar-refractivity contribution in [2.75, 3.05) is 13.7 Å². The molecular weight excluding hydrogens is 474 g/mol. The molecule has 0 aromatic carbocycles. The lowest BCUT2D eigenvalue weighted by molar-refractivity contribution is -0.162. The summed E-state index contributed by atoms with van der Waals surface area (Å²) in [4.78, 5) is 48.9. The van der Waals surface area contributed by atoms with E-state index in [0.717, 1.165) is 11.1 Å². The maximum Gasteiger partial charge on any atom is 0.328 e. The topological polar surface area (TPSA) is 108 Å². The van der Waals surface area contributed by atoms with Gasteiger partial charge in [0.05, 0.1) is 32.2 Å². The first-order chi connectivity index (χ1) is 17.3. The van der Waals surface area contributed by atoms with Crippen molar-refractivity contribution >= 4 is 17.8 Å². The van der Waals surface area contributed by atoms with E-state index in [0.29, 0.717) is 5.75 Å². The zero-order valence-corrected chi connectivity index (χ0v) is 22.7. The number of carbonyl (C=O) groups excluding carboxylic acids is 3. The second kappa shape index (κ2) is 11.3. The summed E-state index contributed by atoms with van der Waals surface area (Å²) in [5.74, 6) is -1.44. The Hall–Kier alpha value is -3.49. The summed E-state index contributed by atoms with van der Waals surface area (Å²) in [6, 6.07) is 4.80. The van der Waals surface area contributed by atoms with Crippen LogP contribution in [0.25, 0.3) is 11.1 Å². The third-order valence-electron chi connectivity index (χ3n) is 6.18. The first-order valence-electron chi connectivity index (χ1n) is 12.4. The summed E-state index contributed by atoms with van der Waals surface area (Å²) in [6.45, 7) is 11.2. The van der Waals surface area contributed by atoms with Crippen molar-refractivity contribution in [1.82, 2.24) is 14.9 Å². The van der Waals surface area contributed by atoms with Crippen molar-refractivity contribution in [3.8, 4) is 16.9 Å². The van der Waals surface area contributed by atoms with Crippen molar-refractivity contribution in [1.29, 1.82) is 0 Å². The van der Waals surface area contributed by atoms with Gasteiger partial charge >= 0.3 is 11.9 Å². The van der Waals surface area contributed by atoms with Crippen LogP contribution in [0.2, 0.25) is 0 Å². The fourth-order valence-electron chi connectivity index (χ4n) is 4.38. The fraction of sp³-hybridized carbons (Fsp3) is 0.536. The number of amides is 1. The lowest BCUT2D eigenvalue weighted by Crippen LogP contribution is -2.48. The van der Waals surface area contributed by atoms with Gasteiger partial charge in [0.2, 0.25) is 5.91 Å². The molecule has 1 fully saturated rings. The van der Waals surface area contributed by atoms with E-state index in [2.05, 4.69) is 9.97 Å². The maximum atomic E-state index is 13.8. The quantitative estimate of drug-likeness (QED) is 0.512. The molecule has 2 aromatic heterocycles. The number of rotatable bonds is 7. The standard InChI is InChI=1S/C28H37N3O6/c1-27(2,3)22(14-24(32)37-28(4,5)6)25(33)31-17-21(13-23(31)26(34)35-7)36-20-12-19(15-30-16-20)18-8-10-29-11-9-18/h8-12,15-16,21-23H,13-14,17H2,1-7H3/t21-,22-,23+/m1/s1. The summed E-state index contributed by atoms with van der Waals surface area (Å²) in [5, 5.41) is 0. The van der Waals surface area contributed by atoms with Crippen LogP contribution < -0.4 is 4.74 Å². The highest BCUT2D eigenvalue weighted by atomic mass is 16.6. The van der Waals surface area contributed by atoms with Gasteiger partial charge in [-0.3, -0.25) is 19.6 Å². The Bertz CT molecular complexity index is 1110. The third-order valence-corrected chi connectivity index (χ3v) is 6.18. The summed E-state index contributed by atoms with van der Waals surface area (Å²) in [7, 11) is 1.29. The first kappa shape index (κ1) is 28.1. The summed E-state index contributed by atoms with van der Waals surface area (Å²) < 4.78 is 16.7. The van der Waals surface area contributed by atoms with E-state index in [-0.39, 0.29) is 25.3 Å². The molecule has 0 unspecified atom stereocenters. The Morgan fingerprint density at radius 2 is 1.70 bits per heavy atom. The van der Waals surface area contributed by atoms with Gasteiger partial charge < -0.3 is 19.1 Å². The third kappa shape index (κ3) is 7.50. The van der Waals surface area contributed by atoms with E-state index < -0.39 is 41.0 Å². The number of methoxy groups -OCH3 is 1. The molecule has 0 spiro atoms. The minimum atomic E-state index is -0.817. The molecule has 1 saturated heterocycles. The lowest BCUT2D eigenvalue weighted by atomic mass is 9.77. The largest absolute Gasteiger partial charge is 0.487 e. The lowest BCUT2D eigenvalue weighted by Gasteiger charge is -2.34. The smallest absolute Gasteiger partial charge is 0.328 e. The molecular formula is C28H37N3O6. The fourth-order valence-corrected chi connectivity index (χ4v) is 4.38. The van der Waals surface area contributed by atoms with Gasteiger partial charge in [-0.15, -0.1) is 0 Å². The Labute approximate surface area is 218 Å². The van der Waals surface area contributed by atoms with Crippen LogP contribution in [0.1, 0.15) is 54.4 Å². The normalized spacial score (nSPS) is 18.7. The van der Waals surface area contributed by atoms with E-state index in [1.165, 1.54) is 12.0 Å². The van der Waals surface area contributed by atoms with E-state index in [4.69, 9.17) is 14.2 Å². The molecule has 3 heterocycles. The van der Waals surface area contributed by atoms with E-state index in [1.807, 2.05) is 39.0 Å². The van der Waals surface area contributed by atoms with Crippen LogP contribution in [0, 0.1) is 11.3 Å². The zero-order chi connectivity index (χ0) is 27.4. The summed E-state index contributed by atoms with van der Waals surface area (Å²) in [6.07, 6.45) is 6.46. The number of hydrogen-bond acceptors (Lipinski definition) is 8. The van der Waals surface area contributed by atoms with Gasteiger partial charge in [-0.1, -0.05) is 20.8 Å². The Kier molecular flexibility index (Phi) is 8.56. The molecule has 0 radical (unpaired) electrons. The highest BCUT2D eigenvalue weighted by Gasteiger charge is 2.46. The van der Waals surface area contributed by atoms with Crippen LogP contribution in [0.15, 0.2) is 43.0 Å². The van der Waals surface area contributed by atoms with E-state index in [1.54, 1.807) is 45.6 Å². The number of hydrogen-bond donors (Lipinski definition) is 0. The molecule has 37 heavy (non-hydrogen) atoms. The average molecular weight is 512 g/mol. The highest BCUT2D eigenvalue weighted by molar-refractivity contribution is 5.89. The summed E-state index contributed by atoms with van der Waals surface area (Å²) >= 11 is 0. The van der Waals surface area contributed by atoms with Gasteiger partial charge in [-0.2, -0.15) is 0 Å². The number of ether oxygens (including phenoxy) is 3. The van der Waals surface area contributed by atoms with Gasteiger partial charge in [0.1, 0.15) is 23.5 Å². The number of pyridine rings is 2. The number of likely N-dealkylation sites (tertiary alicyclic amines) is 1. The number of aromatic nitrogens is 2. The SMILES string of the molecule is COC(=O)[C@@H]1C[C@@H](Oc2cncc(-c3ccncc3)c2)CN1C(=O)[C@@H](CC(=O)OC(C)(C)C)C(C)(C)C. The van der Waals surface area contributed by atoms with Crippen molar-refractivity contribution in [3.63, 3.8) is 0 Å². The van der Waals surface area contributed by atoms with Crippen LogP contribution in [0.3, 0.4) is 0 Å². The molecule has 0 bridgehead atoms. The van der Waals surface area contributed by atoms with Gasteiger partial charge in [-0.05, 0) is 49.9 Å². The predicted octanol–water partition coefficient (Wildman–Crippen LogP) is 4.06. The molecule has 3 atom stereocenters. The Morgan fingerprint density at radius 3 is 2.30 bits per heavy atom. The zero-order valence-electron chi connectivity index (χ0n) is 22.7. The first-order valence-corrected chi connectivity index (χ1v) is 12.4. The van der Waals surface area contributed by atoms with Gasteiger partial charge in [0.15, 0.2) is 0 Å².